The summed E-state index contributed by atoms with van der Waals surface area (Å²) in [6.07, 6.45) is 2.27. The first kappa shape index (κ1) is 8.99. The summed E-state index contributed by atoms with van der Waals surface area (Å²) in [6, 6.07) is 14.8. The van der Waals surface area contributed by atoms with Crippen molar-refractivity contribution in [1.29, 1.82) is 0 Å². The van der Waals surface area contributed by atoms with E-state index in [-0.39, 0.29) is 0 Å². The minimum Gasteiger partial charge on any atom is -0.0843 e. The summed E-state index contributed by atoms with van der Waals surface area (Å²) in [6.45, 7) is 0. The van der Waals surface area contributed by atoms with Gasteiger partial charge < -0.3 is 0 Å². The number of hydrogen-bond acceptors (Lipinski definition) is 0. The second-order valence-electron chi connectivity index (χ2n) is 3.96. The van der Waals surface area contributed by atoms with Crippen molar-refractivity contribution in [2.24, 2.45) is 0 Å². The summed E-state index contributed by atoms with van der Waals surface area (Å²) < 4.78 is 0. The van der Waals surface area contributed by atoms with Crippen LogP contribution in [0.4, 0.5) is 0 Å². The summed E-state index contributed by atoms with van der Waals surface area (Å²) in [5.74, 6) is 0. The van der Waals surface area contributed by atoms with Gasteiger partial charge in [0, 0.05) is 5.02 Å². The minimum absolute atomic E-state index is 0.824. The van der Waals surface area contributed by atoms with E-state index in [4.69, 9.17) is 11.6 Å². The van der Waals surface area contributed by atoms with Crippen molar-refractivity contribution in [3.63, 3.8) is 0 Å². The molecule has 1 aliphatic carbocycles. The molecule has 0 N–H and O–H groups in total. The number of rotatable bonds is 0. The van der Waals surface area contributed by atoms with E-state index in [0.717, 1.165) is 17.9 Å². The Labute approximate surface area is 94.5 Å². The van der Waals surface area contributed by atoms with Gasteiger partial charge in [-0.2, -0.15) is 0 Å². The fourth-order valence-corrected chi connectivity index (χ4v) is 2.46. The third kappa shape index (κ3) is 1.46. The standard InChI is InChI=1S/C14H11Cl/c15-12-8-7-11-6-5-10-3-1-2-4-13(10)14(11)9-12/h1-4,7-9H,5-6H2. The topological polar surface area (TPSA) is 0 Å². The smallest absolute Gasteiger partial charge is 0.0412 e. The van der Waals surface area contributed by atoms with Crippen LogP contribution in [0.25, 0.3) is 11.1 Å². The molecule has 74 valence electrons. The van der Waals surface area contributed by atoms with Gasteiger partial charge in [-0.1, -0.05) is 41.9 Å². The highest BCUT2D eigenvalue weighted by Crippen LogP contribution is 2.34. The molecule has 15 heavy (non-hydrogen) atoms. The Kier molecular flexibility index (Phi) is 2.03. The van der Waals surface area contributed by atoms with Crippen LogP contribution in [0, 0.1) is 0 Å². The number of fused-ring (bicyclic) bond motifs is 3. The van der Waals surface area contributed by atoms with Gasteiger partial charge in [0.2, 0.25) is 0 Å². The van der Waals surface area contributed by atoms with Crippen molar-refractivity contribution in [3.05, 3.63) is 58.6 Å². The largest absolute Gasteiger partial charge is 0.0843 e. The van der Waals surface area contributed by atoms with Crippen LogP contribution >= 0.6 is 11.6 Å². The quantitative estimate of drug-likeness (QED) is 0.619. The fraction of sp³-hybridized carbons (Fsp3) is 0.143. The second kappa shape index (κ2) is 3.39. The molecule has 0 fully saturated rings. The zero-order valence-corrected chi connectivity index (χ0v) is 9.09. The first-order valence-corrected chi connectivity index (χ1v) is 5.59. The van der Waals surface area contributed by atoms with Crippen molar-refractivity contribution < 1.29 is 0 Å². The predicted octanol–water partition coefficient (Wildman–Crippen LogP) is 4.11. The number of benzene rings is 2. The molecule has 0 heterocycles. The average Bonchev–Trinajstić information content (AvgIpc) is 2.29. The normalized spacial score (nSPS) is 13.1. The highest BCUT2D eigenvalue weighted by atomic mass is 35.5. The lowest BCUT2D eigenvalue weighted by Gasteiger charge is -2.19. The van der Waals surface area contributed by atoms with Gasteiger partial charge in [-0.25, -0.2) is 0 Å². The van der Waals surface area contributed by atoms with Crippen LogP contribution in [0.2, 0.25) is 5.02 Å². The Hall–Kier alpha value is -1.27. The van der Waals surface area contributed by atoms with E-state index in [2.05, 4.69) is 36.4 Å². The summed E-state index contributed by atoms with van der Waals surface area (Å²) in [4.78, 5) is 0. The lowest BCUT2D eigenvalue weighted by atomic mass is 9.86. The van der Waals surface area contributed by atoms with Crippen LogP contribution < -0.4 is 0 Å². The third-order valence-electron chi connectivity index (χ3n) is 3.04. The van der Waals surface area contributed by atoms with Gasteiger partial charge in [0.15, 0.2) is 0 Å². The Balaban J connectivity index is 2.28. The van der Waals surface area contributed by atoms with Crippen molar-refractivity contribution in [2.45, 2.75) is 12.8 Å². The van der Waals surface area contributed by atoms with E-state index in [9.17, 15) is 0 Å². The van der Waals surface area contributed by atoms with E-state index >= 15 is 0 Å². The monoisotopic (exact) mass is 214 g/mol. The van der Waals surface area contributed by atoms with Gasteiger partial charge >= 0.3 is 0 Å². The molecule has 1 aliphatic rings. The van der Waals surface area contributed by atoms with E-state index in [1.807, 2.05) is 6.07 Å². The molecule has 0 atom stereocenters. The van der Waals surface area contributed by atoms with Crippen molar-refractivity contribution in [3.8, 4) is 11.1 Å². The van der Waals surface area contributed by atoms with Crippen molar-refractivity contribution >= 4 is 11.6 Å². The molecule has 2 aromatic rings. The first-order chi connectivity index (χ1) is 7.34. The van der Waals surface area contributed by atoms with Gasteiger partial charge in [0.1, 0.15) is 0 Å². The van der Waals surface area contributed by atoms with Gasteiger partial charge in [0.25, 0.3) is 0 Å². The molecule has 1 heteroatoms. The molecule has 0 bridgehead atoms. The van der Waals surface area contributed by atoms with Gasteiger partial charge in [-0.05, 0) is 47.2 Å². The molecule has 0 aromatic heterocycles. The Morgan fingerprint density at radius 3 is 2.40 bits per heavy atom. The zero-order valence-electron chi connectivity index (χ0n) is 8.33. The Bertz CT molecular complexity index is 514. The van der Waals surface area contributed by atoms with E-state index in [1.165, 1.54) is 22.3 Å². The van der Waals surface area contributed by atoms with Crippen LogP contribution in [0.1, 0.15) is 11.1 Å². The number of hydrogen-bond donors (Lipinski definition) is 0. The molecule has 2 aromatic carbocycles. The molecule has 0 nitrogen and oxygen atoms in total. The summed E-state index contributed by atoms with van der Waals surface area (Å²) in [7, 11) is 0. The van der Waals surface area contributed by atoms with Gasteiger partial charge in [0.05, 0.1) is 0 Å². The van der Waals surface area contributed by atoms with Crippen LogP contribution in [0.5, 0.6) is 0 Å². The highest BCUT2D eigenvalue weighted by Gasteiger charge is 2.14. The highest BCUT2D eigenvalue weighted by molar-refractivity contribution is 6.30. The van der Waals surface area contributed by atoms with Crippen LogP contribution in [0.3, 0.4) is 0 Å². The molecule has 0 spiro atoms. The molecule has 0 unspecified atom stereocenters. The van der Waals surface area contributed by atoms with E-state index < -0.39 is 0 Å². The zero-order chi connectivity index (χ0) is 10.3. The second-order valence-corrected chi connectivity index (χ2v) is 4.40. The van der Waals surface area contributed by atoms with E-state index in [1.54, 1.807) is 0 Å². The van der Waals surface area contributed by atoms with E-state index in [0.29, 0.717) is 0 Å². The number of aryl methyl sites for hydroxylation is 2. The van der Waals surface area contributed by atoms with Crippen LogP contribution in [-0.2, 0) is 12.8 Å². The third-order valence-corrected chi connectivity index (χ3v) is 3.28. The van der Waals surface area contributed by atoms with Gasteiger partial charge in [-0.15, -0.1) is 0 Å². The van der Waals surface area contributed by atoms with Crippen molar-refractivity contribution in [2.75, 3.05) is 0 Å². The number of halogens is 1. The Morgan fingerprint density at radius 1 is 0.800 bits per heavy atom. The molecule has 3 rings (SSSR count). The lowest BCUT2D eigenvalue weighted by molar-refractivity contribution is 0.942. The maximum absolute atomic E-state index is 6.04. The molecule has 0 saturated carbocycles. The summed E-state index contributed by atoms with van der Waals surface area (Å²) in [5.41, 5.74) is 5.51. The minimum atomic E-state index is 0.824. The average molecular weight is 215 g/mol. The summed E-state index contributed by atoms with van der Waals surface area (Å²) >= 11 is 6.04. The molecule has 0 amide bonds. The van der Waals surface area contributed by atoms with Crippen LogP contribution in [0.15, 0.2) is 42.5 Å². The molecule has 0 radical (unpaired) electrons. The fourth-order valence-electron chi connectivity index (χ4n) is 2.29. The summed E-state index contributed by atoms with van der Waals surface area (Å²) in [5, 5.41) is 0.824. The first-order valence-electron chi connectivity index (χ1n) is 5.21. The molecular weight excluding hydrogens is 204 g/mol. The SMILES string of the molecule is Clc1ccc2c(c1)-c1ccccc1CC2. The predicted molar refractivity (Wildman–Crippen MR) is 64.3 cm³/mol. The Morgan fingerprint density at radius 2 is 1.53 bits per heavy atom. The molecule has 0 aliphatic heterocycles. The molecular formula is C14H11Cl. The molecule has 0 saturated heterocycles. The van der Waals surface area contributed by atoms with Crippen molar-refractivity contribution in [1.82, 2.24) is 0 Å². The maximum Gasteiger partial charge on any atom is 0.0412 e. The van der Waals surface area contributed by atoms with Crippen LogP contribution in [-0.4, -0.2) is 0 Å². The van der Waals surface area contributed by atoms with Gasteiger partial charge in [-0.3, -0.25) is 0 Å². The maximum atomic E-state index is 6.04. The lowest BCUT2D eigenvalue weighted by Crippen LogP contribution is -2.03.